The number of hydrogen-bond acceptors (Lipinski definition) is 5. The summed E-state index contributed by atoms with van der Waals surface area (Å²) in [4.78, 5) is 11.9. The molecule has 0 spiro atoms. The highest BCUT2D eigenvalue weighted by Crippen LogP contribution is 2.41. The lowest BCUT2D eigenvalue weighted by Gasteiger charge is -2.38. The molecule has 2 aromatic carbocycles. The maximum Gasteiger partial charge on any atom is 0.338 e. The van der Waals surface area contributed by atoms with Gasteiger partial charge in [0.05, 0.1) is 25.3 Å². The number of methoxy groups -OCH3 is 1. The van der Waals surface area contributed by atoms with Gasteiger partial charge < -0.3 is 24.8 Å². The molecule has 0 radical (unpaired) electrons. The summed E-state index contributed by atoms with van der Waals surface area (Å²) in [5.74, 6) is 1.22. The molecule has 1 aliphatic heterocycles. The molecule has 0 amide bonds. The standard InChI is InChI=1S/C23H28N2O4S/c1-6-28-21(26)15-7-10-18(14(2)11-15)24-22(30)25-19-13-23(3,4)29-20-12-16(27-5)8-9-17(19)20/h7-12,19H,6,13H2,1-5H3,(H2,24,25,30). The number of anilines is 1. The smallest absolute Gasteiger partial charge is 0.338 e. The van der Waals surface area contributed by atoms with E-state index in [0.717, 1.165) is 34.7 Å². The molecule has 2 N–H and O–H groups in total. The minimum Gasteiger partial charge on any atom is -0.497 e. The first kappa shape index (κ1) is 21.9. The number of rotatable bonds is 5. The van der Waals surface area contributed by atoms with Gasteiger partial charge in [-0.15, -0.1) is 0 Å². The van der Waals surface area contributed by atoms with Crippen LogP contribution in [0.4, 0.5) is 5.69 Å². The van der Waals surface area contributed by atoms with Crippen molar-refractivity contribution in [3.8, 4) is 11.5 Å². The number of esters is 1. The van der Waals surface area contributed by atoms with Gasteiger partial charge in [0, 0.05) is 23.7 Å². The van der Waals surface area contributed by atoms with Crippen molar-refractivity contribution in [1.29, 1.82) is 0 Å². The van der Waals surface area contributed by atoms with Gasteiger partial charge in [-0.2, -0.15) is 0 Å². The molecular formula is C23H28N2O4S. The number of benzene rings is 2. The van der Waals surface area contributed by atoms with Crippen LogP contribution in [0.2, 0.25) is 0 Å². The molecular weight excluding hydrogens is 400 g/mol. The van der Waals surface area contributed by atoms with E-state index < -0.39 is 0 Å². The van der Waals surface area contributed by atoms with Crippen molar-refractivity contribution < 1.29 is 19.0 Å². The summed E-state index contributed by atoms with van der Waals surface area (Å²) in [6.45, 7) is 8.17. The highest BCUT2D eigenvalue weighted by molar-refractivity contribution is 7.80. The van der Waals surface area contributed by atoms with Crippen LogP contribution < -0.4 is 20.1 Å². The van der Waals surface area contributed by atoms with Crippen molar-refractivity contribution in [2.45, 2.75) is 45.8 Å². The number of carbonyl (C=O) groups excluding carboxylic acids is 1. The molecule has 1 aliphatic rings. The molecule has 2 aromatic rings. The highest BCUT2D eigenvalue weighted by Gasteiger charge is 2.34. The largest absolute Gasteiger partial charge is 0.497 e. The number of ether oxygens (including phenoxy) is 3. The van der Waals surface area contributed by atoms with E-state index in [1.807, 2.05) is 31.2 Å². The van der Waals surface area contributed by atoms with Crippen LogP contribution in [-0.2, 0) is 4.74 Å². The second-order valence-electron chi connectivity index (χ2n) is 7.87. The number of nitrogens with one attached hydrogen (secondary N) is 2. The Morgan fingerprint density at radius 3 is 2.70 bits per heavy atom. The maximum atomic E-state index is 11.9. The first-order chi connectivity index (χ1) is 14.2. The van der Waals surface area contributed by atoms with Gasteiger partial charge in [0.1, 0.15) is 17.1 Å². The number of thiocarbonyl (C=S) groups is 1. The Labute approximate surface area is 182 Å². The molecule has 6 nitrogen and oxygen atoms in total. The molecule has 3 rings (SSSR count). The molecule has 0 fully saturated rings. The molecule has 1 heterocycles. The van der Waals surface area contributed by atoms with Gasteiger partial charge in [-0.1, -0.05) is 0 Å². The van der Waals surface area contributed by atoms with Crippen molar-refractivity contribution in [3.63, 3.8) is 0 Å². The second-order valence-corrected chi connectivity index (χ2v) is 8.28. The summed E-state index contributed by atoms with van der Waals surface area (Å²) in [5.41, 5.74) is 2.95. The van der Waals surface area contributed by atoms with Gasteiger partial charge >= 0.3 is 5.97 Å². The lowest BCUT2D eigenvalue weighted by Crippen LogP contribution is -2.42. The van der Waals surface area contributed by atoms with E-state index >= 15 is 0 Å². The molecule has 0 saturated carbocycles. The van der Waals surface area contributed by atoms with Gasteiger partial charge in [0.15, 0.2) is 5.11 Å². The van der Waals surface area contributed by atoms with Gasteiger partial charge in [-0.25, -0.2) is 4.79 Å². The quantitative estimate of drug-likeness (QED) is 0.525. The summed E-state index contributed by atoms with van der Waals surface area (Å²) >= 11 is 5.58. The number of aryl methyl sites for hydroxylation is 1. The Balaban J connectivity index is 1.74. The molecule has 7 heteroatoms. The Kier molecular flexibility index (Phi) is 6.51. The average Bonchev–Trinajstić information content (AvgIpc) is 2.68. The lowest BCUT2D eigenvalue weighted by molar-refractivity contribution is 0.0526. The molecule has 0 bridgehead atoms. The van der Waals surface area contributed by atoms with Crippen molar-refractivity contribution in [3.05, 3.63) is 53.1 Å². The van der Waals surface area contributed by atoms with E-state index in [1.165, 1.54) is 0 Å². The molecule has 160 valence electrons. The van der Waals surface area contributed by atoms with Gasteiger partial charge in [0.25, 0.3) is 0 Å². The molecule has 0 aliphatic carbocycles. The van der Waals surface area contributed by atoms with Crippen LogP contribution in [0.5, 0.6) is 11.5 Å². The summed E-state index contributed by atoms with van der Waals surface area (Å²) < 4.78 is 16.5. The van der Waals surface area contributed by atoms with Crippen molar-refractivity contribution in [2.24, 2.45) is 0 Å². The fourth-order valence-corrected chi connectivity index (χ4v) is 3.80. The lowest BCUT2D eigenvalue weighted by atomic mass is 9.89. The number of hydrogen-bond donors (Lipinski definition) is 2. The van der Waals surface area contributed by atoms with Gasteiger partial charge in [-0.3, -0.25) is 0 Å². The van der Waals surface area contributed by atoms with E-state index in [4.69, 9.17) is 26.4 Å². The Morgan fingerprint density at radius 2 is 2.03 bits per heavy atom. The normalized spacial score (nSPS) is 16.6. The van der Waals surface area contributed by atoms with Crippen LogP contribution in [0, 0.1) is 6.92 Å². The topological polar surface area (TPSA) is 68.8 Å². The zero-order valence-electron chi connectivity index (χ0n) is 18.0. The van der Waals surface area contributed by atoms with Crippen LogP contribution in [0.1, 0.15) is 54.7 Å². The fourth-order valence-electron chi connectivity index (χ4n) is 3.55. The van der Waals surface area contributed by atoms with Crippen LogP contribution in [0.3, 0.4) is 0 Å². The first-order valence-electron chi connectivity index (χ1n) is 9.94. The van der Waals surface area contributed by atoms with E-state index in [-0.39, 0.29) is 17.6 Å². The number of fused-ring (bicyclic) bond motifs is 1. The Morgan fingerprint density at radius 1 is 1.27 bits per heavy atom. The zero-order valence-corrected chi connectivity index (χ0v) is 18.8. The first-order valence-corrected chi connectivity index (χ1v) is 10.4. The van der Waals surface area contributed by atoms with Gasteiger partial charge in [0.2, 0.25) is 0 Å². The second kappa shape index (κ2) is 8.92. The van der Waals surface area contributed by atoms with Crippen LogP contribution >= 0.6 is 12.2 Å². The van der Waals surface area contributed by atoms with Crippen molar-refractivity contribution >= 4 is 29.0 Å². The third-order valence-electron chi connectivity index (χ3n) is 4.97. The van der Waals surface area contributed by atoms with Crippen molar-refractivity contribution in [2.75, 3.05) is 19.0 Å². The Bertz CT molecular complexity index is 958. The number of carbonyl (C=O) groups is 1. The summed E-state index contributed by atoms with van der Waals surface area (Å²) in [7, 11) is 1.64. The minimum atomic E-state index is -0.343. The Hall–Kier alpha value is -2.80. The third-order valence-corrected chi connectivity index (χ3v) is 5.19. The maximum absolute atomic E-state index is 11.9. The van der Waals surface area contributed by atoms with Gasteiger partial charge in [-0.05, 0) is 75.8 Å². The predicted octanol–water partition coefficient (Wildman–Crippen LogP) is 4.77. The van der Waals surface area contributed by atoms with Crippen LogP contribution in [0.15, 0.2) is 36.4 Å². The summed E-state index contributed by atoms with van der Waals surface area (Å²) in [5, 5.41) is 7.15. The van der Waals surface area contributed by atoms with Crippen molar-refractivity contribution in [1.82, 2.24) is 5.32 Å². The summed E-state index contributed by atoms with van der Waals surface area (Å²) in [6.07, 6.45) is 0.759. The molecule has 0 saturated heterocycles. The fraction of sp³-hybridized carbons (Fsp3) is 0.391. The predicted molar refractivity (Wildman–Crippen MR) is 122 cm³/mol. The van der Waals surface area contributed by atoms with Crippen LogP contribution in [-0.4, -0.2) is 30.4 Å². The third kappa shape index (κ3) is 5.02. The highest BCUT2D eigenvalue weighted by atomic mass is 32.1. The summed E-state index contributed by atoms with van der Waals surface area (Å²) in [6, 6.07) is 11.2. The molecule has 1 atom stereocenters. The van der Waals surface area contributed by atoms with E-state index in [0.29, 0.717) is 17.3 Å². The molecule has 1 unspecified atom stereocenters. The van der Waals surface area contributed by atoms with E-state index in [1.54, 1.807) is 26.2 Å². The average molecular weight is 429 g/mol. The minimum absolute atomic E-state index is 0.00577. The zero-order chi connectivity index (χ0) is 21.9. The SMILES string of the molecule is CCOC(=O)c1ccc(NC(=S)NC2CC(C)(C)Oc3cc(OC)ccc32)c(C)c1. The monoisotopic (exact) mass is 428 g/mol. The molecule has 30 heavy (non-hydrogen) atoms. The molecule has 0 aromatic heterocycles. The van der Waals surface area contributed by atoms with E-state index in [9.17, 15) is 4.79 Å². The van der Waals surface area contributed by atoms with E-state index in [2.05, 4.69) is 24.5 Å². The van der Waals surface area contributed by atoms with Crippen LogP contribution in [0.25, 0.3) is 0 Å².